The van der Waals surface area contributed by atoms with E-state index < -0.39 is 6.04 Å². The molecule has 98 valence electrons. The summed E-state index contributed by atoms with van der Waals surface area (Å²) in [7, 11) is 1.58. The number of hydrogen-bond donors (Lipinski definition) is 2. The average molecular weight is 332 g/mol. The molecule has 5 nitrogen and oxygen atoms in total. The number of thiophene rings is 1. The largest absolute Gasteiger partial charge is 0.357 e. The normalized spacial score (nSPS) is 19.7. The number of nitrogens with zero attached hydrogens (tertiary/aromatic N) is 1. The Hall–Kier alpha value is -0.920. The first-order valence-corrected chi connectivity index (χ1v) is 7.28. The van der Waals surface area contributed by atoms with E-state index in [-0.39, 0.29) is 11.8 Å². The zero-order chi connectivity index (χ0) is 13.1. The highest BCUT2D eigenvalue weighted by Gasteiger charge is 2.33. The van der Waals surface area contributed by atoms with Crippen LogP contribution in [-0.2, 0) is 4.79 Å². The summed E-state index contributed by atoms with van der Waals surface area (Å²) < 4.78 is 0.784. The highest BCUT2D eigenvalue weighted by Crippen LogP contribution is 2.25. The van der Waals surface area contributed by atoms with Crippen LogP contribution >= 0.6 is 27.3 Å². The molecule has 2 N–H and O–H groups in total. The number of carbonyl (C=O) groups excluding carboxylic acids is 2. The van der Waals surface area contributed by atoms with Crippen molar-refractivity contribution in [1.82, 2.24) is 15.5 Å². The van der Waals surface area contributed by atoms with Crippen molar-refractivity contribution < 1.29 is 9.59 Å². The van der Waals surface area contributed by atoms with Gasteiger partial charge in [0, 0.05) is 31.2 Å². The maximum Gasteiger partial charge on any atom is 0.265 e. The first-order chi connectivity index (χ1) is 8.65. The van der Waals surface area contributed by atoms with Crippen molar-refractivity contribution in [2.75, 3.05) is 26.7 Å². The Morgan fingerprint density at radius 1 is 1.61 bits per heavy atom. The molecular weight excluding hydrogens is 318 g/mol. The third kappa shape index (κ3) is 2.57. The summed E-state index contributed by atoms with van der Waals surface area (Å²) in [5.74, 6) is -0.227. The number of halogens is 1. The fourth-order valence-corrected chi connectivity index (χ4v) is 3.42. The van der Waals surface area contributed by atoms with Gasteiger partial charge in [0.05, 0.1) is 0 Å². The quantitative estimate of drug-likeness (QED) is 0.837. The van der Waals surface area contributed by atoms with Crippen LogP contribution in [0, 0.1) is 0 Å². The summed E-state index contributed by atoms with van der Waals surface area (Å²) in [6.45, 7) is 1.75. The highest BCUT2D eigenvalue weighted by atomic mass is 79.9. The molecule has 1 unspecified atom stereocenters. The van der Waals surface area contributed by atoms with Gasteiger partial charge in [-0.2, -0.15) is 0 Å². The molecule has 0 bridgehead atoms. The second-order valence-electron chi connectivity index (χ2n) is 3.93. The third-order valence-corrected chi connectivity index (χ3v) is 4.69. The predicted molar refractivity (Wildman–Crippen MR) is 73.8 cm³/mol. The van der Waals surface area contributed by atoms with E-state index in [9.17, 15) is 9.59 Å². The molecule has 0 spiro atoms. The van der Waals surface area contributed by atoms with Crippen molar-refractivity contribution in [1.29, 1.82) is 0 Å². The van der Waals surface area contributed by atoms with Gasteiger partial charge < -0.3 is 15.5 Å². The Kier molecular flexibility index (Phi) is 4.36. The van der Waals surface area contributed by atoms with E-state index in [1.807, 2.05) is 11.4 Å². The number of carbonyl (C=O) groups is 2. The van der Waals surface area contributed by atoms with Gasteiger partial charge in [0.1, 0.15) is 10.9 Å². The molecule has 1 saturated heterocycles. The summed E-state index contributed by atoms with van der Waals surface area (Å²) in [5.41, 5.74) is 0. The van der Waals surface area contributed by atoms with Gasteiger partial charge in [-0.1, -0.05) is 0 Å². The standard InChI is InChI=1S/C11H14BrN3O2S/c1-13-10(16)8-6-14-3-4-15(8)11(17)9-7(12)2-5-18-9/h2,5,8,14H,3-4,6H2,1H3,(H,13,16). The zero-order valence-electron chi connectivity index (χ0n) is 9.90. The summed E-state index contributed by atoms with van der Waals surface area (Å²) in [6.07, 6.45) is 0. The topological polar surface area (TPSA) is 61.4 Å². The van der Waals surface area contributed by atoms with E-state index in [2.05, 4.69) is 26.6 Å². The Balaban J connectivity index is 2.21. The molecule has 1 aliphatic heterocycles. The number of piperazine rings is 1. The zero-order valence-corrected chi connectivity index (χ0v) is 12.3. The van der Waals surface area contributed by atoms with Crippen LogP contribution in [0.2, 0.25) is 0 Å². The van der Waals surface area contributed by atoms with Crippen LogP contribution in [0.15, 0.2) is 15.9 Å². The molecular formula is C11H14BrN3O2S. The number of rotatable bonds is 2. The number of likely N-dealkylation sites (N-methyl/N-ethyl adjacent to an activating group) is 1. The maximum absolute atomic E-state index is 12.4. The van der Waals surface area contributed by atoms with Crippen LogP contribution in [0.5, 0.6) is 0 Å². The lowest BCUT2D eigenvalue weighted by Crippen LogP contribution is -2.59. The lowest BCUT2D eigenvalue weighted by atomic mass is 10.1. The molecule has 18 heavy (non-hydrogen) atoms. The Labute approximate surface area is 118 Å². The lowest BCUT2D eigenvalue weighted by Gasteiger charge is -2.34. The molecule has 1 fully saturated rings. The van der Waals surface area contributed by atoms with E-state index in [4.69, 9.17) is 0 Å². The van der Waals surface area contributed by atoms with Gasteiger partial charge >= 0.3 is 0 Å². The summed E-state index contributed by atoms with van der Waals surface area (Å²) in [6, 6.07) is 1.40. The monoisotopic (exact) mass is 331 g/mol. The van der Waals surface area contributed by atoms with Gasteiger partial charge in [-0.15, -0.1) is 11.3 Å². The second-order valence-corrected chi connectivity index (χ2v) is 5.70. The van der Waals surface area contributed by atoms with E-state index in [0.717, 1.165) is 4.47 Å². The third-order valence-electron chi connectivity index (χ3n) is 2.86. The average Bonchev–Trinajstić information content (AvgIpc) is 2.83. The Morgan fingerprint density at radius 2 is 2.39 bits per heavy atom. The smallest absolute Gasteiger partial charge is 0.265 e. The molecule has 0 saturated carbocycles. The van der Waals surface area contributed by atoms with Crippen molar-refractivity contribution in [2.45, 2.75) is 6.04 Å². The molecule has 1 aromatic heterocycles. The number of nitrogens with one attached hydrogen (secondary N) is 2. The van der Waals surface area contributed by atoms with E-state index in [1.165, 1.54) is 11.3 Å². The molecule has 1 aromatic rings. The van der Waals surface area contributed by atoms with Gasteiger partial charge in [0.25, 0.3) is 5.91 Å². The fraction of sp³-hybridized carbons (Fsp3) is 0.455. The van der Waals surface area contributed by atoms with Crippen molar-refractivity contribution >= 4 is 39.1 Å². The van der Waals surface area contributed by atoms with Crippen LogP contribution < -0.4 is 10.6 Å². The maximum atomic E-state index is 12.4. The summed E-state index contributed by atoms with van der Waals surface area (Å²) >= 11 is 4.74. The van der Waals surface area contributed by atoms with E-state index in [1.54, 1.807) is 11.9 Å². The van der Waals surface area contributed by atoms with Crippen molar-refractivity contribution in [3.8, 4) is 0 Å². The van der Waals surface area contributed by atoms with Crippen LogP contribution in [0.4, 0.5) is 0 Å². The molecule has 0 radical (unpaired) electrons. The first kappa shape index (κ1) is 13.5. The molecule has 2 heterocycles. The summed E-state index contributed by atoms with van der Waals surface area (Å²) in [4.78, 5) is 26.5. The van der Waals surface area contributed by atoms with Gasteiger partial charge in [0.2, 0.25) is 5.91 Å². The number of hydrogen-bond acceptors (Lipinski definition) is 4. The molecule has 1 atom stereocenters. The van der Waals surface area contributed by atoms with Crippen LogP contribution in [-0.4, -0.2) is 49.4 Å². The Bertz CT molecular complexity index is 463. The molecule has 2 amide bonds. The molecule has 2 rings (SSSR count). The Morgan fingerprint density at radius 3 is 3.00 bits per heavy atom. The first-order valence-electron chi connectivity index (χ1n) is 5.61. The molecule has 0 aromatic carbocycles. The van der Waals surface area contributed by atoms with E-state index >= 15 is 0 Å². The fourth-order valence-electron chi connectivity index (χ4n) is 1.93. The predicted octanol–water partition coefficient (Wildman–Crippen LogP) is 0.671. The SMILES string of the molecule is CNC(=O)C1CNCCN1C(=O)c1sccc1Br. The minimum atomic E-state index is -0.440. The minimum absolute atomic E-state index is 0.0908. The van der Waals surface area contributed by atoms with Crippen molar-refractivity contribution in [3.05, 3.63) is 20.8 Å². The van der Waals surface area contributed by atoms with Crippen molar-refractivity contribution in [3.63, 3.8) is 0 Å². The molecule has 0 aliphatic carbocycles. The highest BCUT2D eigenvalue weighted by molar-refractivity contribution is 9.10. The molecule has 1 aliphatic rings. The van der Waals surface area contributed by atoms with Crippen molar-refractivity contribution in [2.24, 2.45) is 0 Å². The minimum Gasteiger partial charge on any atom is -0.357 e. The van der Waals surface area contributed by atoms with Gasteiger partial charge in [-0.25, -0.2) is 0 Å². The van der Waals surface area contributed by atoms with E-state index in [0.29, 0.717) is 24.5 Å². The lowest BCUT2D eigenvalue weighted by molar-refractivity contribution is -0.125. The van der Waals surface area contributed by atoms with Crippen LogP contribution in [0.3, 0.4) is 0 Å². The van der Waals surface area contributed by atoms with Gasteiger partial charge in [-0.05, 0) is 27.4 Å². The van der Waals surface area contributed by atoms with Gasteiger partial charge in [0.15, 0.2) is 0 Å². The van der Waals surface area contributed by atoms with Crippen LogP contribution in [0.25, 0.3) is 0 Å². The molecule has 7 heteroatoms. The summed E-state index contributed by atoms with van der Waals surface area (Å²) in [5, 5.41) is 7.59. The second kappa shape index (κ2) is 5.81. The van der Waals surface area contributed by atoms with Crippen LogP contribution in [0.1, 0.15) is 9.67 Å². The number of amides is 2. The van der Waals surface area contributed by atoms with Gasteiger partial charge in [-0.3, -0.25) is 9.59 Å².